The van der Waals surface area contributed by atoms with Gasteiger partial charge in [-0.1, -0.05) is 6.07 Å². The lowest BCUT2D eigenvalue weighted by molar-refractivity contribution is -0.112. The minimum absolute atomic E-state index is 0.0617. The van der Waals surface area contributed by atoms with Crippen molar-refractivity contribution in [3.8, 4) is 11.8 Å². The van der Waals surface area contributed by atoms with Crippen LogP contribution in [0.1, 0.15) is 12.7 Å². The van der Waals surface area contributed by atoms with Crippen LogP contribution in [0.25, 0.3) is 6.08 Å². The summed E-state index contributed by atoms with van der Waals surface area (Å²) in [5.74, 6) is 1.14. The third-order valence-electron chi connectivity index (χ3n) is 3.15. The van der Waals surface area contributed by atoms with Gasteiger partial charge in [0.15, 0.2) is 0 Å². The second-order valence-corrected chi connectivity index (χ2v) is 6.14. The number of anilines is 2. The number of carbonyl (C=O) groups excluding carboxylic acids is 1. The summed E-state index contributed by atoms with van der Waals surface area (Å²) in [5, 5.41) is 12.0. The molecule has 0 aliphatic carbocycles. The average Bonchev–Trinajstić information content (AvgIpc) is 2.94. The van der Waals surface area contributed by atoms with Crippen LogP contribution in [0.4, 0.5) is 11.6 Å². The Morgan fingerprint density at radius 3 is 2.80 bits per heavy atom. The zero-order valence-electron chi connectivity index (χ0n) is 14.2. The van der Waals surface area contributed by atoms with Gasteiger partial charge in [-0.05, 0) is 35.0 Å². The fourth-order valence-corrected chi connectivity index (χ4v) is 2.73. The molecular formula is C18H18BrN3O3. The highest BCUT2D eigenvalue weighted by atomic mass is 79.9. The largest absolute Gasteiger partial charge is 0.494 e. The molecule has 0 unspecified atom stereocenters. The minimum Gasteiger partial charge on any atom is -0.494 e. The molecule has 0 saturated carbocycles. The lowest BCUT2D eigenvalue weighted by atomic mass is 10.2. The molecule has 0 aliphatic rings. The Morgan fingerprint density at radius 2 is 2.20 bits per heavy atom. The maximum Gasteiger partial charge on any atom is 0.266 e. The molecule has 0 radical (unpaired) electrons. The van der Waals surface area contributed by atoms with Crippen molar-refractivity contribution in [2.75, 3.05) is 30.9 Å². The Kier molecular flexibility index (Phi) is 6.25. The Labute approximate surface area is 154 Å². The highest BCUT2D eigenvalue weighted by molar-refractivity contribution is 9.10. The third kappa shape index (κ3) is 4.88. The molecule has 1 N–H and O–H groups in total. The second kappa shape index (κ2) is 8.40. The van der Waals surface area contributed by atoms with E-state index in [0.29, 0.717) is 29.7 Å². The summed E-state index contributed by atoms with van der Waals surface area (Å²) in [5.41, 5.74) is 0.486. The van der Waals surface area contributed by atoms with Crippen molar-refractivity contribution in [3.63, 3.8) is 0 Å². The summed E-state index contributed by atoms with van der Waals surface area (Å²) in [6, 6.07) is 10.6. The van der Waals surface area contributed by atoms with Crippen LogP contribution in [0, 0.1) is 11.3 Å². The average molecular weight is 404 g/mol. The number of halogens is 1. The number of ether oxygens (including phenoxy) is 1. The number of nitrogens with one attached hydrogen (secondary N) is 1. The molecule has 0 bridgehead atoms. The van der Waals surface area contributed by atoms with Gasteiger partial charge in [0.05, 0.1) is 11.1 Å². The quantitative estimate of drug-likeness (QED) is 0.581. The summed E-state index contributed by atoms with van der Waals surface area (Å²) < 4.78 is 11.7. The van der Waals surface area contributed by atoms with Crippen molar-refractivity contribution in [3.05, 3.63) is 46.1 Å². The number of nitriles is 1. The van der Waals surface area contributed by atoms with Gasteiger partial charge < -0.3 is 19.4 Å². The number of carbonyl (C=O) groups is 1. The minimum atomic E-state index is -0.518. The highest BCUT2D eigenvalue weighted by Gasteiger charge is 2.14. The van der Waals surface area contributed by atoms with Gasteiger partial charge in [-0.2, -0.15) is 5.26 Å². The predicted octanol–water partition coefficient (Wildman–Crippen LogP) is 4.05. The molecule has 2 aromatic rings. The molecule has 2 rings (SSSR count). The molecule has 0 spiro atoms. The Balaban J connectivity index is 2.20. The predicted molar refractivity (Wildman–Crippen MR) is 101 cm³/mol. The molecule has 130 valence electrons. The van der Waals surface area contributed by atoms with Gasteiger partial charge in [0.25, 0.3) is 5.91 Å². The van der Waals surface area contributed by atoms with Gasteiger partial charge in [-0.25, -0.2) is 0 Å². The van der Waals surface area contributed by atoms with E-state index in [2.05, 4.69) is 21.2 Å². The Hall–Kier alpha value is -2.72. The van der Waals surface area contributed by atoms with Crippen LogP contribution in [0.15, 0.2) is 44.8 Å². The molecule has 0 atom stereocenters. The number of hydrogen-bond acceptors (Lipinski definition) is 5. The first-order valence-electron chi connectivity index (χ1n) is 7.57. The number of furan rings is 1. The number of amides is 1. The van der Waals surface area contributed by atoms with Crippen molar-refractivity contribution in [1.82, 2.24) is 0 Å². The molecule has 25 heavy (non-hydrogen) atoms. The van der Waals surface area contributed by atoms with E-state index >= 15 is 0 Å². The van der Waals surface area contributed by atoms with Crippen molar-refractivity contribution >= 4 is 39.5 Å². The summed E-state index contributed by atoms with van der Waals surface area (Å²) in [6.07, 6.45) is 1.40. The van der Waals surface area contributed by atoms with E-state index in [1.54, 1.807) is 35.2 Å². The smallest absolute Gasteiger partial charge is 0.266 e. The molecule has 1 aromatic carbocycles. The van der Waals surface area contributed by atoms with Crippen molar-refractivity contribution in [2.45, 2.75) is 6.92 Å². The molecule has 0 fully saturated rings. The van der Waals surface area contributed by atoms with Crippen molar-refractivity contribution in [1.29, 1.82) is 5.26 Å². The standard InChI is InChI=1S/C18H18BrN3O3/c1-4-24-14-7-5-6-13(9-14)21-17(23)12(11-20)8-15-10-16(19)18(25-15)22(2)3/h5-10H,4H2,1-3H3,(H,21,23)/b12-8-. The number of rotatable bonds is 6. The molecule has 0 aliphatic heterocycles. The number of hydrogen-bond donors (Lipinski definition) is 1. The first-order valence-corrected chi connectivity index (χ1v) is 8.36. The zero-order valence-corrected chi connectivity index (χ0v) is 15.8. The fourth-order valence-electron chi connectivity index (χ4n) is 2.07. The van der Waals surface area contributed by atoms with Crippen molar-refractivity contribution < 1.29 is 13.9 Å². The molecule has 1 heterocycles. The van der Waals surface area contributed by atoms with Crippen LogP contribution in [-0.2, 0) is 4.79 Å². The van der Waals surface area contributed by atoms with E-state index in [1.807, 2.05) is 27.1 Å². The molecule has 6 nitrogen and oxygen atoms in total. The lowest BCUT2D eigenvalue weighted by Gasteiger charge is -2.08. The Morgan fingerprint density at radius 1 is 1.44 bits per heavy atom. The van der Waals surface area contributed by atoms with Gasteiger partial charge >= 0.3 is 0 Å². The molecular weight excluding hydrogens is 386 g/mol. The molecule has 1 amide bonds. The van der Waals surface area contributed by atoms with Crippen LogP contribution in [0.3, 0.4) is 0 Å². The topological polar surface area (TPSA) is 78.5 Å². The normalized spacial score (nSPS) is 10.9. The summed E-state index contributed by atoms with van der Waals surface area (Å²) in [7, 11) is 3.67. The molecule has 1 aromatic heterocycles. The van der Waals surface area contributed by atoms with Gasteiger partial charge in [0, 0.05) is 38.0 Å². The Bertz CT molecular complexity index is 834. The first-order chi connectivity index (χ1) is 11.9. The van der Waals surface area contributed by atoms with Crippen LogP contribution < -0.4 is 15.0 Å². The first kappa shape index (κ1) is 18.6. The van der Waals surface area contributed by atoms with Crippen LogP contribution in [0.2, 0.25) is 0 Å². The van der Waals surface area contributed by atoms with Crippen molar-refractivity contribution in [2.24, 2.45) is 0 Å². The van der Waals surface area contributed by atoms with Gasteiger partial charge in [0.2, 0.25) is 5.88 Å². The monoisotopic (exact) mass is 403 g/mol. The lowest BCUT2D eigenvalue weighted by Crippen LogP contribution is -2.13. The summed E-state index contributed by atoms with van der Waals surface area (Å²) in [4.78, 5) is 14.1. The van der Waals surface area contributed by atoms with Gasteiger partial charge in [-0.15, -0.1) is 0 Å². The zero-order chi connectivity index (χ0) is 18.4. The van der Waals surface area contributed by atoms with Crippen LogP contribution >= 0.6 is 15.9 Å². The van der Waals surface area contributed by atoms with E-state index in [-0.39, 0.29) is 5.57 Å². The summed E-state index contributed by atoms with van der Waals surface area (Å²) >= 11 is 3.38. The SMILES string of the molecule is CCOc1cccc(NC(=O)/C(C#N)=C\c2cc(Br)c(N(C)C)o2)c1. The maximum atomic E-state index is 12.3. The third-order valence-corrected chi connectivity index (χ3v) is 3.72. The molecule has 0 saturated heterocycles. The second-order valence-electron chi connectivity index (χ2n) is 5.28. The van der Waals surface area contributed by atoms with E-state index in [1.165, 1.54) is 6.08 Å². The van der Waals surface area contributed by atoms with Gasteiger partial charge in [0.1, 0.15) is 23.2 Å². The maximum absolute atomic E-state index is 12.3. The van der Waals surface area contributed by atoms with E-state index < -0.39 is 5.91 Å². The van der Waals surface area contributed by atoms with Gasteiger partial charge in [-0.3, -0.25) is 4.79 Å². The number of nitrogens with zero attached hydrogens (tertiary/aromatic N) is 2. The van der Waals surface area contributed by atoms with E-state index in [4.69, 9.17) is 9.15 Å². The highest BCUT2D eigenvalue weighted by Crippen LogP contribution is 2.30. The fraction of sp³-hybridized carbons (Fsp3) is 0.222. The number of benzene rings is 1. The van der Waals surface area contributed by atoms with Crippen LogP contribution in [-0.4, -0.2) is 26.6 Å². The van der Waals surface area contributed by atoms with Crippen LogP contribution in [0.5, 0.6) is 5.75 Å². The van der Waals surface area contributed by atoms with E-state index in [0.717, 1.165) is 4.47 Å². The summed E-state index contributed by atoms with van der Waals surface area (Å²) in [6.45, 7) is 2.41. The van der Waals surface area contributed by atoms with E-state index in [9.17, 15) is 10.1 Å². The molecule has 7 heteroatoms.